The van der Waals surface area contributed by atoms with Crippen molar-refractivity contribution < 1.29 is 9.84 Å². The summed E-state index contributed by atoms with van der Waals surface area (Å²) in [5.74, 6) is 0.344. The van der Waals surface area contributed by atoms with E-state index in [0.717, 1.165) is 12.0 Å². The van der Waals surface area contributed by atoms with Crippen LogP contribution in [0.1, 0.15) is 63.7 Å². The Morgan fingerprint density at radius 1 is 0.958 bits per heavy atom. The van der Waals surface area contributed by atoms with E-state index in [1.54, 1.807) is 6.07 Å². The normalized spacial score (nSPS) is 13.0. The summed E-state index contributed by atoms with van der Waals surface area (Å²) in [7, 11) is 0. The van der Waals surface area contributed by atoms with Gasteiger partial charge in [-0.25, -0.2) is 0 Å². The smallest absolute Gasteiger partial charge is 0.118 e. The first-order valence-electron chi connectivity index (χ1n) is 9.01. The molecule has 0 radical (unpaired) electrons. The van der Waals surface area contributed by atoms with Crippen LogP contribution in [0.3, 0.4) is 0 Å². The van der Waals surface area contributed by atoms with Crippen LogP contribution in [0.15, 0.2) is 54.6 Å². The molecule has 0 fully saturated rings. The highest BCUT2D eigenvalue weighted by Crippen LogP contribution is 2.32. The van der Waals surface area contributed by atoms with Gasteiger partial charge in [0.2, 0.25) is 0 Å². The largest absolute Gasteiger partial charge is 0.508 e. The van der Waals surface area contributed by atoms with E-state index in [1.807, 2.05) is 24.3 Å². The van der Waals surface area contributed by atoms with Gasteiger partial charge in [-0.15, -0.1) is 0 Å². The van der Waals surface area contributed by atoms with Gasteiger partial charge in [0.25, 0.3) is 0 Å². The number of benzene rings is 2. The summed E-state index contributed by atoms with van der Waals surface area (Å²) in [5.41, 5.74) is 1.83. The topological polar surface area (TPSA) is 29.5 Å². The Labute approximate surface area is 146 Å². The highest BCUT2D eigenvalue weighted by molar-refractivity contribution is 5.32. The molecular formula is C22H30O2. The van der Waals surface area contributed by atoms with E-state index in [0.29, 0.717) is 12.2 Å². The molecule has 0 aliphatic carbocycles. The number of aromatic hydroxyl groups is 1. The zero-order valence-corrected chi connectivity index (χ0v) is 15.2. The monoisotopic (exact) mass is 326 g/mol. The highest BCUT2D eigenvalue weighted by atomic mass is 16.5. The number of unbranched alkanes of at least 4 members (excludes halogenated alkanes) is 2. The molecule has 2 aromatic rings. The molecule has 0 aliphatic rings. The first kappa shape index (κ1) is 18.5. The van der Waals surface area contributed by atoms with Crippen LogP contribution in [-0.4, -0.2) is 10.7 Å². The minimum Gasteiger partial charge on any atom is -0.508 e. The van der Waals surface area contributed by atoms with E-state index < -0.39 is 0 Å². The summed E-state index contributed by atoms with van der Waals surface area (Å²) in [6, 6.07) is 18.0. The van der Waals surface area contributed by atoms with Gasteiger partial charge in [0, 0.05) is 6.42 Å². The average Bonchev–Trinajstić information content (AvgIpc) is 2.57. The number of rotatable bonds is 9. The molecule has 0 heterocycles. The quantitative estimate of drug-likeness (QED) is 0.568. The Morgan fingerprint density at radius 3 is 2.29 bits per heavy atom. The molecule has 0 spiro atoms. The van der Waals surface area contributed by atoms with E-state index >= 15 is 0 Å². The highest BCUT2D eigenvalue weighted by Gasteiger charge is 2.26. The minimum atomic E-state index is -0.342. The van der Waals surface area contributed by atoms with Crippen molar-refractivity contribution >= 4 is 0 Å². The third-order valence-electron chi connectivity index (χ3n) is 4.31. The number of ether oxygens (including phenoxy) is 1. The lowest BCUT2D eigenvalue weighted by atomic mass is 9.95. The second-order valence-electron chi connectivity index (χ2n) is 7.08. The third kappa shape index (κ3) is 5.68. The maximum Gasteiger partial charge on any atom is 0.118 e. The van der Waals surface area contributed by atoms with E-state index in [4.69, 9.17) is 4.74 Å². The molecule has 2 heteroatoms. The van der Waals surface area contributed by atoms with E-state index in [2.05, 4.69) is 45.0 Å². The number of hydrogen-bond donors (Lipinski definition) is 1. The molecule has 0 aliphatic heterocycles. The maximum absolute atomic E-state index is 10.0. The van der Waals surface area contributed by atoms with Gasteiger partial charge in [-0.2, -0.15) is 0 Å². The van der Waals surface area contributed by atoms with Crippen LogP contribution in [0.2, 0.25) is 0 Å². The molecule has 24 heavy (non-hydrogen) atoms. The third-order valence-corrected chi connectivity index (χ3v) is 4.31. The summed E-state index contributed by atoms with van der Waals surface area (Å²) < 4.78 is 6.52. The van der Waals surface area contributed by atoms with Crippen molar-refractivity contribution in [3.63, 3.8) is 0 Å². The van der Waals surface area contributed by atoms with Crippen molar-refractivity contribution in [2.75, 3.05) is 0 Å². The number of phenols is 1. The molecule has 0 saturated heterocycles. The number of para-hydroxylation sites is 1. The molecule has 0 amide bonds. The van der Waals surface area contributed by atoms with Gasteiger partial charge >= 0.3 is 0 Å². The summed E-state index contributed by atoms with van der Waals surface area (Å²) >= 11 is 0. The Hall–Kier alpha value is -1.80. The molecular weight excluding hydrogens is 296 g/mol. The first-order chi connectivity index (χ1) is 11.5. The van der Waals surface area contributed by atoms with Crippen molar-refractivity contribution in [3.8, 4) is 5.75 Å². The zero-order valence-electron chi connectivity index (χ0n) is 15.2. The van der Waals surface area contributed by atoms with Crippen LogP contribution in [0.5, 0.6) is 5.75 Å². The van der Waals surface area contributed by atoms with Gasteiger partial charge in [-0.3, -0.25) is 0 Å². The van der Waals surface area contributed by atoms with Gasteiger partial charge in [0.1, 0.15) is 5.75 Å². The van der Waals surface area contributed by atoms with Gasteiger partial charge in [-0.1, -0.05) is 74.7 Å². The lowest BCUT2D eigenvalue weighted by molar-refractivity contribution is -0.0773. The van der Waals surface area contributed by atoms with E-state index in [9.17, 15) is 5.11 Å². The molecule has 1 N–H and O–H groups in total. The summed E-state index contributed by atoms with van der Waals surface area (Å²) in [4.78, 5) is 0. The van der Waals surface area contributed by atoms with Gasteiger partial charge < -0.3 is 9.84 Å². The van der Waals surface area contributed by atoms with Gasteiger partial charge in [-0.05, 0) is 37.5 Å². The van der Waals surface area contributed by atoms with Crippen molar-refractivity contribution in [1.82, 2.24) is 0 Å². The lowest BCUT2D eigenvalue weighted by Gasteiger charge is -2.32. The molecule has 0 bridgehead atoms. The van der Waals surface area contributed by atoms with Crippen molar-refractivity contribution in [2.45, 2.75) is 64.6 Å². The first-order valence-corrected chi connectivity index (χ1v) is 9.01. The molecule has 0 saturated carbocycles. The summed E-state index contributed by atoms with van der Waals surface area (Å²) in [6.07, 6.45) is 5.43. The Bertz CT molecular complexity index is 604. The molecule has 1 unspecified atom stereocenters. The van der Waals surface area contributed by atoms with Crippen LogP contribution in [0.25, 0.3) is 0 Å². The molecule has 0 aromatic heterocycles. The standard InChI is InChI=1S/C22H30O2/c1-4-5-7-16-21(18-12-8-6-9-13-18)24-22(2,3)17-19-14-10-11-15-20(19)23/h6,8-15,21,23H,4-5,7,16-17H2,1-3H3. The van der Waals surface area contributed by atoms with E-state index in [-0.39, 0.29) is 11.7 Å². The summed E-state index contributed by atoms with van der Waals surface area (Å²) in [6.45, 7) is 6.44. The fourth-order valence-electron chi connectivity index (χ4n) is 3.09. The molecule has 130 valence electrons. The van der Waals surface area contributed by atoms with Crippen LogP contribution in [0.4, 0.5) is 0 Å². The number of phenolic OH excluding ortho intramolecular Hbond substituents is 1. The van der Waals surface area contributed by atoms with Crippen LogP contribution >= 0.6 is 0 Å². The maximum atomic E-state index is 10.0. The summed E-state index contributed by atoms with van der Waals surface area (Å²) in [5, 5.41) is 10.0. The van der Waals surface area contributed by atoms with Gasteiger partial charge in [0.15, 0.2) is 0 Å². The second-order valence-corrected chi connectivity index (χ2v) is 7.08. The van der Waals surface area contributed by atoms with Crippen LogP contribution in [-0.2, 0) is 11.2 Å². The van der Waals surface area contributed by atoms with Crippen molar-refractivity contribution in [1.29, 1.82) is 0 Å². The predicted octanol–water partition coefficient (Wildman–Crippen LogP) is 6.05. The van der Waals surface area contributed by atoms with Crippen molar-refractivity contribution in [3.05, 3.63) is 65.7 Å². The predicted molar refractivity (Wildman–Crippen MR) is 100 cm³/mol. The fourth-order valence-corrected chi connectivity index (χ4v) is 3.09. The van der Waals surface area contributed by atoms with E-state index in [1.165, 1.54) is 24.8 Å². The molecule has 2 rings (SSSR count). The van der Waals surface area contributed by atoms with Gasteiger partial charge in [0.05, 0.1) is 11.7 Å². The molecule has 2 aromatic carbocycles. The van der Waals surface area contributed by atoms with Crippen LogP contribution in [0, 0.1) is 0 Å². The average molecular weight is 326 g/mol. The Balaban J connectivity index is 2.10. The number of hydrogen-bond acceptors (Lipinski definition) is 2. The fraction of sp³-hybridized carbons (Fsp3) is 0.455. The second kappa shape index (κ2) is 8.89. The Kier molecular flexibility index (Phi) is 6.86. The van der Waals surface area contributed by atoms with Crippen LogP contribution < -0.4 is 0 Å². The Morgan fingerprint density at radius 2 is 1.62 bits per heavy atom. The molecule has 1 atom stereocenters. The minimum absolute atomic E-state index is 0.0959. The zero-order chi connectivity index (χ0) is 17.4. The lowest BCUT2D eigenvalue weighted by Crippen LogP contribution is -2.29. The van der Waals surface area contributed by atoms with Crippen molar-refractivity contribution in [2.24, 2.45) is 0 Å². The SMILES string of the molecule is CCCCCC(OC(C)(C)Cc1ccccc1O)c1ccccc1. The molecule has 2 nitrogen and oxygen atoms in total.